The number of carbonyl (C=O) groups excluding carboxylic acids is 2. The molecule has 1 atom stereocenters. The quantitative estimate of drug-likeness (QED) is 0.801. The number of piperazine rings is 1. The highest BCUT2D eigenvalue weighted by molar-refractivity contribution is 6.05. The Hall–Kier alpha value is -3.04. The summed E-state index contributed by atoms with van der Waals surface area (Å²) in [7, 11) is 0. The lowest BCUT2D eigenvalue weighted by molar-refractivity contribution is 0.0730. The lowest BCUT2D eigenvalue weighted by atomic mass is 10.0. The maximum absolute atomic E-state index is 13.0. The SMILES string of the molecule is CC(C)C[C@H]1Cn2nnc(C(=O)N3CCN(c4ncccn4)CC3)c2C(=O)N1. The third-order valence-corrected chi connectivity index (χ3v) is 5.04. The van der Waals surface area contributed by atoms with Crippen molar-refractivity contribution in [1.29, 1.82) is 0 Å². The molecule has 0 radical (unpaired) electrons. The minimum Gasteiger partial charge on any atom is -0.346 e. The smallest absolute Gasteiger partial charge is 0.277 e. The van der Waals surface area contributed by atoms with Gasteiger partial charge in [0.25, 0.3) is 11.8 Å². The van der Waals surface area contributed by atoms with Crippen molar-refractivity contribution in [2.75, 3.05) is 31.1 Å². The fourth-order valence-electron chi connectivity index (χ4n) is 3.73. The van der Waals surface area contributed by atoms with E-state index in [1.54, 1.807) is 28.0 Å². The predicted octanol–water partition coefficient (Wildman–Crippen LogP) is 0.189. The first-order valence-electron chi connectivity index (χ1n) is 9.58. The number of aromatic nitrogens is 5. The highest BCUT2D eigenvalue weighted by atomic mass is 16.2. The first-order chi connectivity index (χ1) is 13.5. The van der Waals surface area contributed by atoms with E-state index in [2.05, 4.69) is 39.4 Å². The lowest BCUT2D eigenvalue weighted by Gasteiger charge is -2.34. The van der Waals surface area contributed by atoms with Gasteiger partial charge in [-0.25, -0.2) is 14.6 Å². The molecule has 2 amide bonds. The van der Waals surface area contributed by atoms with E-state index in [-0.39, 0.29) is 29.2 Å². The second-order valence-corrected chi connectivity index (χ2v) is 7.60. The molecular weight excluding hydrogens is 360 g/mol. The van der Waals surface area contributed by atoms with Crippen LogP contribution in [0.2, 0.25) is 0 Å². The Kier molecular flexibility index (Phi) is 4.93. The molecule has 0 aromatic carbocycles. The maximum Gasteiger partial charge on any atom is 0.277 e. The van der Waals surface area contributed by atoms with Crippen molar-refractivity contribution in [3.63, 3.8) is 0 Å². The zero-order valence-corrected chi connectivity index (χ0v) is 16.1. The molecule has 1 saturated heterocycles. The van der Waals surface area contributed by atoms with Crippen molar-refractivity contribution in [3.8, 4) is 0 Å². The zero-order chi connectivity index (χ0) is 19.7. The van der Waals surface area contributed by atoms with E-state index in [4.69, 9.17) is 0 Å². The molecule has 148 valence electrons. The molecule has 4 heterocycles. The van der Waals surface area contributed by atoms with Gasteiger partial charge in [-0.15, -0.1) is 5.10 Å². The van der Waals surface area contributed by atoms with Gasteiger partial charge in [-0.3, -0.25) is 9.59 Å². The molecule has 0 unspecified atom stereocenters. The fourth-order valence-corrected chi connectivity index (χ4v) is 3.73. The number of hydrogen-bond donors (Lipinski definition) is 1. The zero-order valence-electron chi connectivity index (χ0n) is 16.1. The van der Waals surface area contributed by atoms with Crippen LogP contribution in [0.15, 0.2) is 18.5 Å². The minimum atomic E-state index is -0.276. The van der Waals surface area contributed by atoms with Gasteiger partial charge in [0, 0.05) is 44.6 Å². The normalized spacial score (nSPS) is 19.5. The number of anilines is 1. The predicted molar refractivity (Wildman–Crippen MR) is 101 cm³/mol. The second kappa shape index (κ2) is 7.53. The number of fused-ring (bicyclic) bond motifs is 1. The van der Waals surface area contributed by atoms with Gasteiger partial charge in [-0.1, -0.05) is 19.1 Å². The molecular formula is C18H24N8O2. The summed E-state index contributed by atoms with van der Waals surface area (Å²) in [5.41, 5.74) is 0.392. The Morgan fingerprint density at radius 1 is 1.21 bits per heavy atom. The number of nitrogens with one attached hydrogen (secondary N) is 1. The monoisotopic (exact) mass is 384 g/mol. The van der Waals surface area contributed by atoms with Crippen LogP contribution in [0.4, 0.5) is 5.95 Å². The average molecular weight is 384 g/mol. The summed E-state index contributed by atoms with van der Waals surface area (Å²) in [5, 5.41) is 11.1. The summed E-state index contributed by atoms with van der Waals surface area (Å²) in [6.07, 6.45) is 4.26. The molecule has 0 aliphatic carbocycles. The summed E-state index contributed by atoms with van der Waals surface area (Å²) in [6.45, 7) is 7.04. The van der Waals surface area contributed by atoms with Gasteiger partial charge in [0.2, 0.25) is 5.95 Å². The van der Waals surface area contributed by atoms with Crippen LogP contribution in [0.1, 0.15) is 41.2 Å². The van der Waals surface area contributed by atoms with Crippen LogP contribution in [0, 0.1) is 5.92 Å². The summed E-state index contributed by atoms with van der Waals surface area (Å²) < 4.78 is 1.56. The molecule has 1 fully saturated rings. The average Bonchev–Trinajstić information content (AvgIpc) is 3.12. The molecule has 0 saturated carbocycles. The van der Waals surface area contributed by atoms with Crippen LogP contribution in [0.5, 0.6) is 0 Å². The fraction of sp³-hybridized carbons (Fsp3) is 0.556. The molecule has 2 aliphatic heterocycles. The van der Waals surface area contributed by atoms with Crippen molar-refractivity contribution in [1.82, 2.24) is 35.2 Å². The van der Waals surface area contributed by atoms with E-state index in [0.717, 1.165) is 6.42 Å². The molecule has 10 heteroatoms. The number of nitrogens with zero attached hydrogens (tertiary/aromatic N) is 7. The first-order valence-corrected chi connectivity index (χ1v) is 9.58. The summed E-state index contributed by atoms with van der Waals surface area (Å²) in [5.74, 6) is 0.585. The van der Waals surface area contributed by atoms with E-state index in [1.807, 2.05) is 4.90 Å². The minimum absolute atomic E-state index is 0.0130. The van der Waals surface area contributed by atoms with Crippen molar-refractivity contribution >= 4 is 17.8 Å². The summed E-state index contributed by atoms with van der Waals surface area (Å²) >= 11 is 0. The van der Waals surface area contributed by atoms with Crippen LogP contribution < -0.4 is 10.2 Å². The van der Waals surface area contributed by atoms with Gasteiger partial charge < -0.3 is 15.1 Å². The van der Waals surface area contributed by atoms with Gasteiger partial charge in [-0.2, -0.15) is 0 Å². The maximum atomic E-state index is 13.0. The second-order valence-electron chi connectivity index (χ2n) is 7.60. The van der Waals surface area contributed by atoms with E-state index in [0.29, 0.717) is 44.6 Å². The Morgan fingerprint density at radius 3 is 2.61 bits per heavy atom. The van der Waals surface area contributed by atoms with E-state index in [9.17, 15) is 9.59 Å². The van der Waals surface area contributed by atoms with Crippen LogP contribution in [0.3, 0.4) is 0 Å². The molecule has 2 aromatic heterocycles. The van der Waals surface area contributed by atoms with Gasteiger partial charge in [0.15, 0.2) is 11.4 Å². The van der Waals surface area contributed by atoms with Crippen LogP contribution in [-0.2, 0) is 6.54 Å². The van der Waals surface area contributed by atoms with Crippen LogP contribution in [-0.4, -0.2) is 73.9 Å². The summed E-state index contributed by atoms with van der Waals surface area (Å²) in [4.78, 5) is 37.8. The number of rotatable bonds is 4. The Labute approximate surface area is 162 Å². The largest absolute Gasteiger partial charge is 0.346 e. The molecule has 0 bridgehead atoms. The Bertz CT molecular complexity index is 858. The van der Waals surface area contributed by atoms with Crippen molar-refractivity contribution in [2.45, 2.75) is 32.9 Å². The molecule has 28 heavy (non-hydrogen) atoms. The highest BCUT2D eigenvalue weighted by Gasteiger charge is 2.34. The number of amides is 2. The highest BCUT2D eigenvalue weighted by Crippen LogP contribution is 2.18. The van der Waals surface area contributed by atoms with E-state index < -0.39 is 0 Å². The lowest BCUT2D eigenvalue weighted by Crippen LogP contribution is -2.50. The van der Waals surface area contributed by atoms with Crippen LogP contribution in [0.25, 0.3) is 0 Å². The molecule has 10 nitrogen and oxygen atoms in total. The van der Waals surface area contributed by atoms with E-state index >= 15 is 0 Å². The molecule has 2 aliphatic rings. The molecule has 2 aromatic rings. The van der Waals surface area contributed by atoms with Crippen molar-refractivity contribution < 1.29 is 9.59 Å². The number of carbonyl (C=O) groups is 2. The number of hydrogen-bond acceptors (Lipinski definition) is 7. The van der Waals surface area contributed by atoms with Crippen molar-refractivity contribution in [3.05, 3.63) is 29.8 Å². The standard InChI is InChI=1S/C18H24N8O2/c1-12(2)10-13-11-26-15(16(27)21-13)14(22-23-26)17(28)24-6-8-25(9-7-24)18-19-4-3-5-20-18/h3-5,12-13H,6-11H2,1-2H3,(H,21,27)/t13-/m0/s1. The van der Waals surface area contributed by atoms with Crippen molar-refractivity contribution in [2.24, 2.45) is 5.92 Å². The third kappa shape index (κ3) is 3.54. The Morgan fingerprint density at radius 2 is 1.93 bits per heavy atom. The van der Waals surface area contributed by atoms with Gasteiger partial charge in [0.05, 0.1) is 6.54 Å². The first kappa shape index (κ1) is 18.3. The molecule has 1 N–H and O–H groups in total. The van der Waals surface area contributed by atoms with Crippen LogP contribution >= 0.6 is 0 Å². The van der Waals surface area contributed by atoms with Gasteiger partial charge >= 0.3 is 0 Å². The third-order valence-electron chi connectivity index (χ3n) is 5.04. The van der Waals surface area contributed by atoms with E-state index in [1.165, 1.54) is 0 Å². The van der Waals surface area contributed by atoms with Gasteiger partial charge in [-0.05, 0) is 18.4 Å². The summed E-state index contributed by atoms with van der Waals surface area (Å²) in [6, 6.07) is 1.79. The molecule has 4 rings (SSSR count). The Balaban J connectivity index is 1.44. The van der Waals surface area contributed by atoms with Gasteiger partial charge in [0.1, 0.15) is 0 Å². The molecule has 0 spiro atoms. The topological polar surface area (TPSA) is 109 Å².